The molecule has 21 heavy (non-hydrogen) atoms. The summed E-state index contributed by atoms with van der Waals surface area (Å²) in [5.41, 5.74) is -0.547. The Bertz CT molecular complexity index is 565. The smallest absolute Gasteiger partial charge is 0.310 e. The van der Waals surface area contributed by atoms with Gasteiger partial charge in [-0.1, -0.05) is 0 Å². The second-order valence-corrected chi connectivity index (χ2v) is 4.76. The van der Waals surface area contributed by atoms with Crippen molar-refractivity contribution in [1.29, 1.82) is 0 Å². The highest BCUT2D eigenvalue weighted by Crippen LogP contribution is 2.35. The highest BCUT2D eigenvalue weighted by atomic mass is 19.3. The van der Waals surface area contributed by atoms with Crippen molar-refractivity contribution in [2.75, 3.05) is 25.1 Å². The number of hydrogen-bond donors (Lipinski definition) is 0. The van der Waals surface area contributed by atoms with Crippen molar-refractivity contribution in [2.24, 2.45) is 5.92 Å². The lowest BCUT2D eigenvalue weighted by Gasteiger charge is -2.21. The summed E-state index contributed by atoms with van der Waals surface area (Å²) in [6.07, 6.45) is -2.32. The maximum Gasteiger partial charge on any atom is 0.310 e. The first-order valence-corrected chi connectivity index (χ1v) is 6.33. The summed E-state index contributed by atoms with van der Waals surface area (Å²) in [7, 11) is 1.28. The Morgan fingerprint density at radius 2 is 2.24 bits per heavy atom. The number of nitrogens with zero attached hydrogens (tertiary/aromatic N) is 2. The molecule has 1 fully saturated rings. The lowest BCUT2D eigenvalue weighted by atomic mass is 10.1. The van der Waals surface area contributed by atoms with Gasteiger partial charge in [0.2, 0.25) is 0 Å². The summed E-state index contributed by atoms with van der Waals surface area (Å²) >= 11 is 0. The van der Waals surface area contributed by atoms with Crippen LogP contribution in [0.3, 0.4) is 0 Å². The molecule has 8 heteroatoms. The summed E-state index contributed by atoms with van der Waals surface area (Å²) in [5, 5.41) is 10.7. The molecule has 6 nitrogen and oxygen atoms in total. The fraction of sp³-hybridized carbons (Fsp3) is 0.462. The molecular formula is C13H14F2N2O4. The van der Waals surface area contributed by atoms with Crippen LogP contribution in [0.25, 0.3) is 0 Å². The van der Waals surface area contributed by atoms with Crippen LogP contribution in [0.1, 0.15) is 18.4 Å². The van der Waals surface area contributed by atoms with Crippen molar-refractivity contribution in [3.05, 3.63) is 33.9 Å². The van der Waals surface area contributed by atoms with E-state index in [1.165, 1.54) is 19.2 Å². The molecule has 0 saturated carbocycles. The molecule has 0 spiro atoms. The van der Waals surface area contributed by atoms with Gasteiger partial charge >= 0.3 is 5.97 Å². The van der Waals surface area contributed by atoms with E-state index in [0.29, 0.717) is 13.0 Å². The minimum absolute atomic E-state index is 0.224. The number of rotatable bonds is 4. The van der Waals surface area contributed by atoms with Crippen LogP contribution in [0.4, 0.5) is 20.2 Å². The number of methoxy groups -OCH3 is 1. The average Bonchev–Trinajstić information content (AvgIpc) is 2.95. The van der Waals surface area contributed by atoms with E-state index >= 15 is 0 Å². The molecule has 0 aromatic heterocycles. The highest BCUT2D eigenvalue weighted by Gasteiger charge is 2.31. The first kappa shape index (κ1) is 15.1. The zero-order valence-corrected chi connectivity index (χ0v) is 11.3. The number of benzene rings is 1. The molecule has 0 amide bonds. The zero-order chi connectivity index (χ0) is 15.6. The molecule has 2 rings (SSSR count). The van der Waals surface area contributed by atoms with Gasteiger partial charge in [0.25, 0.3) is 12.1 Å². The maximum absolute atomic E-state index is 13.1. The third-order valence-electron chi connectivity index (χ3n) is 3.52. The van der Waals surface area contributed by atoms with E-state index in [0.717, 1.165) is 6.07 Å². The molecular weight excluding hydrogens is 286 g/mol. The van der Waals surface area contributed by atoms with Crippen LogP contribution in [0.5, 0.6) is 0 Å². The highest BCUT2D eigenvalue weighted by molar-refractivity contribution is 5.74. The molecule has 1 saturated heterocycles. The standard InChI is InChI=1S/C13H14F2N2O4/c1-21-13(18)8-4-5-16(7-8)11-3-2-9(17(19)20)6-10(11)12(14)15/h2-3,6,8,12H,4-5,7H2,1H3. The van der Waals surface area contributed by atoms with Gasteiger partial charge in [-0.3, -0.25) is 14.9 Å². The van der Waals surface area contributed by atoms with Gasteiger partial charge < -0.3 is 9.64 Å². The second-order valence-electron chi connectivity index (χ2n) is 4.76. The van der Waals surface area contributed by atoms with Crippen molar-refractivity contribution in [3.63, 3.8) is 0 Å². The van der Waals surface area contributed by atoms with Crippen molar-refractivity contribution in [1.82, 2.24) is 0 Å². The molecule has 1 atom stereocenters. The predicted octanol–water partition coefficient (Wildman–Crippen LogP) is 2.53. The third-order valence-corrected chi connectivity index (χ3v) is 3.52. The number of esters is 1. The van der Waals surface area contributed by atoms with E-state index in [-0.39, 0.29) is 29.8 Å². The average molecular weight is 300 g/mol. The van der Waals surface area contributed by atoms with Crippen molar-refractivity contribution in [2.45, 2.75) is 12.8 Å². The number of halogens is 2. The molecule has 0 bridgehead atoms. The molecule has 0 aliphatic carbocycles. The Morgan fingerprint density at radius 3 is 2.81 bits per heavy atom. The zero-order valence-electron chi connectivity index (χ0n) is 11.3. The van der Waals surface area contributed by atoms with Gasteiger partial charge in [0.15, 0.2) is 0 Å². The molecule has 1 heterocycles. The van der Waals surface area contributed by atoms with Crippen molar-refractivity contribution >= 4 is 17.3 Å². The van der Waals surface area contributed by atoms with Crippen LogP contribution < -0.4 is 4.90 Å². The minimum atomic E-state index is -2.82. The van der Waals surface area contributed by atoms with Gasteiger partial charge in [0.1, 0.15) is 0 Å². The molecule has 1 unspecified atom stereocenters. The number of ether oxygens (including phenoxy) is 1. The fourth-order valence-electron chi connectivity index (χ4n) is 2.46. The van der Waals surface area contributed by atoms with Crippen LogP contribution in [0, 0.1) is 16.0 Å². The molecule has 1 aromatic carbocycles. The molecule has 1 aromatic rings. The number of carbonyl (C=O) groups excluding carboxylic acids is 1. The number of carbonyl (C=O) groups is 1. The summed E-state index contributed by atoms with van der Waals surface area (Å²) in [6.45, 7) is 0.696. The molecule has 0 radical (unpaired) electrons. The van der Waals surface area contributed by atoms with Gasteiger partial charge in [-0.2, -0.15) is 0 Å². The van der Waals surface area contributed by atoms with Crippen LogP contribution in [0.15, 0.2) is 18.2 Å². The molecule has 1 aliphatic rings. The molecule has 1 aliphatic heterocycles. The van der Waals surface area contributed by atoms with E-state index in [4.69, 9.17) is 0 Å². The van der Waals surface area contributed by atoms with E-state index in [1.807, 2.05) is 0 Å². The van der Waals surface area contributed by atoms with E-state index < -0.39 is 16.9 Å². The minimum Gasteiger partial charge on any atom is -0.469 e. The Balaban J connectivity index is 2.28. The van der Waals surface area contributed by atoms with Crippen LogP contribution in [0.2, 0.25) is 0 Å². The van der Waals surface area contributed by atoms with Crippen LogP contribution in [-0.2, 0) is 9.53 Å². The predicted molar refractivity (Wildman–Crippen MR) is 70.4 cm³/mol. The Kier molecular flexibility index (Phi) is 4.35. The lowest BCUT2D eigenvalue weighted by molar-refractivity contribution is -0.385. The SMILES string of the molecule is COC(=O)C1CCN(c2ccc([N+](=O)[O-])cc2C(F)F)C1. The van der Waals surface area contributed by atoms with Crippen molar-refractivity contribution in [3.8, 4) is 0 Å². The monoisotopic (exact) mass is 300 g/mol. The van der Waals surface area contributed by atoms with Gasteiger partial charge in [-0.05, 0) is 12.5 Å². The molecule has 0 N–H and O–H groups in total. The van der Waals surface area contributed by atoms with Gasteiger partial charge in [0.05, 0.1) is 18.0 Å². The first-order valence-electron chi connectivity index (χ1n) is 6.33. The number of hydrogen-bond acceptors (Lipinski definition) is 5. The van der Waals surface area contributed by atoms with Gasteiger partial charge in [-0.25, -0.2) is 8.78 Å². The van der Waals surface area contributed by atoms with Crippen LogP contribution in [-0.4, -0.2) is 31.1 Å². The summed E-state index contributed by atoms with van der Waals surface area (Å²) in [4.78, 5) is 23.1. The van der Waals surface area contributed by atoms with Gasteiger partial charge in [0, 0.05) is 36.5 Å². The Hall–Kier alpha value is -2.25. The topological polar surface area (TPSA) is 72.7 Å². The molecule has 114 valence electrons. The lowest BCUT2D eigenvalue weighted by Crippen LogP contribution is -2.24. The van der Waals surface area contributed by atoms with Crippen LogP contribution >= 0.6 is 0 Å². The number of nitro groups is 1. The summed E-state index contributed by atoms with van der Waals surface area (Å²) < 4.78 is 30.9. The summed E-state index contributed by atoms with van der Waals surface area (Å²) in [6, 6.07) is 3.37. The number of non-ortho nitro benzene ring substituents is 1. The van der Waals surface area contributed by atoms with E-state index in [1.54, 1.807) is 4.90 Å². The summed E-state index contributed by atoms with van der Waals surface area (Å²) in [5.74, 6) is -0.742. The number of anilines is 1. The largest absolute Gasteiger partial charge is 0.469 e. The normalized spacial score (nSPS) is 18.1. The van der Waals surface area contributed by atoms with Gasteiger partial charge in [-0.15, -0.1) is 0 Å². The Morgan fingerprint density at radius 1 is 1.52 bits per heavy atom. The second kappa shape index (κ2) is 6.02. The van der Waals surface area contributed by atoms with E-state index in [9.17, 15) is 23.7 Å². The number of nitro benzene ring substituents is 1. The first-order chi connectivity index (χ1) is 9.93. The van der Waals surface area contributed by atoms with Crippen molar-refractivity contribution < 1.29 is 23.2 Å². The quantitative estimate of drug-likeness (QED) is 0.485. The maximum atomic E-state index is 13.1. The van der Waals surface area contributed by atoms with E-state index in [2.05, 4.69) is 4.74 Å². The Labute approximate surface area is 119 Å². The fourth-order valence-corrected chi connectivity index (χ4v) is 2.46. The third kappa shape index (κ3) is 3.09. The number of alkyl halides is 2.